The lowest BCUT2D eigenvalue weighted by Crippen LogP contribution is -2.35. The molecule has 0 aliphatic heterocycles. The van der Waals surface area contributed by atoms with Gasteiger partial charge in [-0.3, -0.25) is 0 Å². The van der Waals surface area contributed by atoms with Gasteiger partial charge >= 0.3 is 6.18 Å². The van der Waals surface area contributed by atoms with Crippen molar-refractivity contribution in [2.24, 2.45) is 5.92 Å². The summed E-state index contributed by atoms with van der Waals surface area (Å²) in [5.41, 5.74) is 0.246. The van der Waals surface area contributed by atoms with Crippen molar-refractivity contribution in [3.05, 3.63) is 35.4 Å². The number of halogens is 3. The largest absolute Gasteiger partial charge is 0.416 e. The molecule has 1 fully saturated rings. The van der Waals surface area contributed by atoms with Crippen LogP contribution in [0, 0.1) is 5.92 Å². The lowest BCUT2D eigenvalue weighted by molar-refractivity contribution is -0.137. The average molecular weight is 301 g/mol. The minimum atomic E-state index is -4.29. The maximum atomic E-state index is 12.6. The van der Waals surface area contributed by atoms with Crippen LogP contribution in [0.2, 0.25) is 0 Å². The van der Waals surface area contributed by atoms with Crippen molar-refractivity contribution in [2.45, 2.75) is 45.0 Å². The Morgan fingerprint density at radius 3 is 2.24 bits per heavy atom. The molecule has 0 saturated heterocycles. The Kier molecular flexibility index (Phi) is 5.27. The van der Waals surface area contributed by atoms with Crippen LogP contribution in [-0.2, 0) is 10.9 Å². The Bertz CT molecular complexity index is 440. The number of ether oxygens (including phenoxy) is 1. The van der Waals surface area contributed by atoms with Gasteiger partial charge in [0.15, 0.2) is 0 Å². The predicted molar refractivity (Wildman–Crippen MR) is 76.0 cm³/mol. The van der Waals surface area contributed by atoms with E-state index in [2.05, 4.69) is 5.32 Å². The fourth-order valence-corrected chi connectivity index (χ4v) is 2.64. The smallest absolute Gasteiger partial charge is 0.376 e. The molecule has 2 rings (SSSR count). The van der Waals surface area contributed by atoms with Gasteiger partial charge in [0.25, 0.3) is 0 Å². The molecule has 1 aliphatic carbocycles. The molecular formula is C16H22F3NO. The van der Waals surface area contributed by atoms with E-state index in [0.29, 0.717) is 12.5 Å². The predicted octanol–water partition coefficient (Wildman–Crippen LogP) is 4.17. The van der Waals surface area contributed by atoms with E-state index in [1.807, 2.05) is 13.8 Å². The summed E-state index contributed by atoms with van der Waals surface area (Å²) >= 11 is 0. The van der Waals surface area contributed by atoms with E-state index in [4.69, 9.17) is 4.74 Å². The third kappa shape index (κ3) is 4.20. The quantitative estimate of drug-likeness (QED) is 0.816. The number of benzene rings is 1. The molecule has 0 heterocycles. The monoisotopic (exact) mass is 301 g/mol. The molecule has 2 nitrogen and oxygen atoms in total. The number of alkyl halides is 3. The maximum Gasteiger partial charge on any atom is 0.416 e. The molecule has 118 valence electrons. The lowest BCUT2D eigenvalue weighted by Gasteiger charge is -2.28. The molecule has 0 amide bonds. The average Bonchev–Trinajstić information content (AvgIpc) is 3.26. The summed E-state index contributed by atoms with van der Waals surface area (Å²) < 4.78 is 43.8. The van der Waals surface area contributed by atoms with Gasteiger partial charge in [-0.25, -0.2) is 0 Å². The highest BCUT2D eigenvalue weighted by molar-refractivity contribution is 5.28. The normalized spacial score (nSPS) is 18.5. The van der Waals surface area contributed by atoms with E-state index in [9.17, 15) is 13.2 Å². The van der Waals surface area contributed by atoms with Crippen LogP contribution in [0.1, 0.15) is 43.9 Å². The standard InChI is InChI=1S/C16H22F3NO/c1-3-20-14(15(21-4-2)12-5-6-12)11-7-9-13(10-8-11)16(17,18)19/h7-10,12,14-15,20H,3-6H2,1-2H3. The van der Waals surface area contributed by atoms with Gasteiger partial charge < -0.3 is 10.1 Å². The van der Waals surface area contributed by atoms with Crippen LogP contribution in [0.5, 0.6) is 0 Å². The molecule has 21 heavy (non-hydrogen) atoms. The Hall–Kier alpha value is -1.07. The van der Waals surface area contributed by atoms with Crippen molar-refractivity contribution in [2.75, 3.05) is 13.2 Å². The molecular weight excluding hydrogens is 279 g/mol. The van der Waals surface area contributed by atoms with E-state index in [-0.39, 0.29) is 12.1 Å². The Labute approximate surface area is 123 Å². The zero-order chi connectivity index (χ0) is 15.5. The molecule has 1 N–H and O–H groups in total. The number of hydrogen-bond donors (Lipinski definition) is 1. The Morgan fingerprint density at radius 2 is 1.81 bits per heavy atom. The molecule has 0 spiro atoms. The van der Waals surface area contributed by atoms with Crippen LogP contribution in [-0.4, -0.2) is 19.3 Å². The molecule has 0 aromatic heterocycles. The van der Waals surface area contributed by atoms with Crippen LogP contribution < -0.4 is 5.32 Å². The summed E-state index contributed by atoms with van der Waals surface area (Å²) in [6.45, 7) is 5.31. The Balaban J connectivity index is 2.20. The zero-order valence-corrected chi connectivity index (χ0v) is 12.4. The second kappa shape index (κ2) is 6.79. The zero-order valence-electron chi connectivity index (χ0n) is 12.4. The van der Waals surface area contributed by atoms with Crippen molar-refractivity contribution in [3.8, 4) is 0 Å². The first-order chi connectivity index (χ1) is 9.97. The second-order valence-corrected chi connectivity index (χ2v) is 5.41. The summed E-state index contributed by atoms with van der Waals surface area (Å²) in [5.74, 6) is 0.510. The third-order valence-corrected chi connectivity index (χ3v) is 3.80. The van der Waals surface area contributed by atoms with Gasteiger partial charge in [-0.1, -0.05) is 19.1 Å². The van der Waals surface area contributed by atoms with E-state index in [1.54, 1.807) is 12.1 Å². The topological polar surface area (TPSA) is 21.3 Å². The van der Waals surface area contributed by atoms with E-state index < -0.39 is 11.7 Å². The Morgan fingerprint density at radius 1 is 1.19 bits per heavy atom. The maximum absolute atomic E-state index is 12.6. The summed E-state index contributed by atoms with van der Waals surface area (Å²) in [5, 5.41) is 3.36. The van der Waals surface area contributed by atoms with Crippen molar-refractivity contribution < 1.29 is 17.9 Å². The van der Waals surface area contributed by atoms with Gasteiger partial charge in [0.2, 0.25) is 0 Å². The van der Waals surface area contributed by atoms with Crippen LogP contribution in [0.25, 0.3) is 0 Å². The van der Waals surface area contributed by atoms with Crippen LogP contribution in [0.3, 0.4) is 0 Å². The summed E-state index contributed by atoms with van der Waals surface area (Å²) in [6.07, 6.45) is -1.99. The van der Waals surface area contributed by atoms with Gasteiger partial charge in [-0.15, -0.1) is 0 Å². The lowest BCUT2D eigenvalue weighted by atomic mass is 9.96. The van der Waals surface area contributed by atoms with E-state index in [0.717, 1.165) is 37.1 Å². The molecule has 1 aliphatic rings. The van der Waals surface area contributed by atoms with Crippen LogP contribution in [0.4, 0.5) is 13.2 Å². The number of nitrogens with one attached hydrogen (secondary N) is 1. The molecule has 0 radical (unpaired) electrons. The minimum Gasteiger partial charge on any atom is -0.376 e. The highest BCUT2D eigenvalue weighted by Crippen LogP contribution is 2.40. The minimum absolute atomic E-state index is 0.0340. The molecule has 1 aromatic carbocycles. The molecule has 2 atom stereocenters. The third-order valence-electron chi connectivity index (χ3n) is 3.80. The molecule has 2 unspecified atom stereocenters. The van der Waals surface area contributed by atoms with Gasteiger partial charge in [-0.05, 0) is 49.9 Å². The summed E-state index contributed by atoms with van der Waals surface area (Å²) in [7, 11) is 0. The van der Waals surface area contributed by atoms with E-state index >= 15 is 0 Å². The molecule has 1 aromatic rings. The summed E-state index contributed by atoms with van der Waals surface area (Å²) in [6, 6.07) is 5.37. The van der Waals surface area contributed by atoms with Crippen molar-refractivity contribution >= 4 is 0 Å². The molecule has 1 saturated carbocycles. The molecule has 0 bridgehead atoms. The van der Waals surface area contributed by atoms with E-state index in [1.165, 1.54) is 0 Å². The van der Waals surface area contributed by atoms with Gasteiger partial charge in [0.1, 0.15) is 0 Å². The van der Waals surface area contributed by atoms with Crippen LogP contribution in [0.15, 0.2) is 24.3 Å². The SMILES string of the molecule is CCNC(c1ccc(C(F)(F)F)cc1)C(OCC)C1CC1. The number of rotatable bonds is 7. The number of likely N-dealkylation sites (N-methyl/N-ethyl adjacent to an activating group) is 1. The highest BCUT2D eigenvalue weighted by Gasteiger charge is 2.38. The van der Waals surface area contributed by atoms with Gasteiger partial charge in [0.05, 0.1) is 17.7 Å². The summed E-state index contributed by atoms with van der Waals surface area (Å²) in [4.78, 5) is 0. The number of hydrogen-bond acceptors (Lipinski definition) is 2. The van der Waals surface area contributed by atoms with Crippen molar-refractivity contribution in [1.29, 1.82) is 0 Å². The molecule has 5 heteroatoms. The van der Waals surface area contributed by atoms with Crippen LogP contribution >= 0.6 is 0 Å². The van der Waals surface area contributed by atoms with Gasteiger partial charge in [0, 0.05) is 6.61 Å². The fourth-order valence-electron chi connectivity index (χ4n) is 2.64. The first-order valence-electron chi connectivity index (χ1n) is 7.49. The van der Waals surface area contributed by atoms with Crippen molar-refractivity contribution in [1.82, 2.24) is 5.32 Å². The second-order valence-electron chi connectivity index (χ2n) is 5.41. The van der Waals surface area contributed by atoms with Crippen molar-refractivity contribution in [3.63, 3.8) is 0 Å². The first kappa shape index (κ1) is 16.3. The highest BCUT2D eigenvalue weighted by atomic mass is 19.4. The first-order valence-corrected chi connectivity index (χ1v) is 7.49. The van der Waals surface area contributed by atoms with Gasteiger partial charge in [-0.2, -0.15) is 13.2 Å². The fraction of sp³-hybridized carbons (Fsp3) is 0.625.